The van der Waals surface area contributed by atoms with E-state index in [-0.39, 0.29) is 18.5 Å². The van der Waals surface area contributed by atoms with Crippen molar-refractivity contribution < 1.29 is 14.7 Å². The smallest absolute Gasteiger partial charge is 0.326 e. The third-order valence-corrected chi connectivity index (χ3v) is 4.98. The number of carbonyl (C=O) groups excluding carboxylic acids is 1. The number of likely N-dealkylation sites (tertiary alicyclic amines) is 1. The number of aliphatic carboxylic acids is 1. The molecular formula is C15H26N2O3. The molecule has 3 unspecified atom stereocenters. The summed E-state index contributed by atoms with van der Waals surface area (Å²) in [4.78, 5) is 26.0. The van der Waals surface area contributed by atoms with E-state index in [4.69, 9.17) is 5.73 Å². The van der Waals surface area contributed by atoms with Gasteiger partial charge in [-0.1, -0.05) is 12.8 Å². The van der Waals surface area contributed by atoms with E-state index in [1.165, 1.54) is 6.42 Å². The fourth-order valence-electron chi connectivity index (χ4n) is 3.60. The molecule has 2 rings (SSSR count). The quantitative estimate of drug-likeness (QED) is 0.823. The molecule has 0 radical (unpaired) electrons. The Kier molecular flexibility index (Phi) is 4.37. The zero-order valence-corrected chi connectivity index (χ0v) is 12.5. The van der Waals surface area contributed by atoms with Gasteiger partial charge in [0.2, 0.25) is 5.91 Å². The molecular weight excluding hydrogens is 256 g/mol. The van der Waals surface area contributed by atoms with Gasteiger partial charge in [0, 0.05) is 12.6 Å². The van der Waals surface area contributed by atoms with E-state index >= 15 is 0 Å². The van der Waals surface area contributed by atoms with Crippen LogP contribution in [0.25, 0.3) is 0 Å². The first-order valence-electron chi connectivity index (χ1n) is 7.64. The van der Waals surface area contributed by atoms with Crippen LogP contribution in [0.3, 0.4) is 0 Å². The molecule has 0 aromatic heterocycles. The van der Waals surface area contributed by atoms with Crippen molar-refractivity contribution in [2.75, 3.05) is 6.54 Å². The van der Waals surface area contributed by atoms with Crippen molar-refractivity contribution in [3.8, 4) is 0 Å². The summed E-state index contributed by atoms with van der Waals surface area (Å²) in [7, 11) is 0. The molecule has 20 heavy (non-hydrogen) atoms. The Labute approximate surface area is 120 Å². The van der Waals surface area contributed by atoms with Gasteiger partial charge >= 0.3 is 5.97 Å². The number of nitrogens with zero attached hydrogens (tertiary/aromatic N) is 1. The monoisotopic (exact) mass is 282 g/mol. The highest BCUT2D eigenvalue weighted by Crippen LogP contribution is 2.39. The lowest BCUT2D eigenvalue weighted by atomic mass is 9.75. The summed E-state index contributed by atoms with van der Waals surface area (Å²) in [6, 6.07) is -0.579. The summed E-state index contributed by atoms with van der Waals surface area (Å²) >= 11 is 0. The highest BCUT2D eigenvalue weighted by Gasteiger charge is 2.46. The molecule has 1 saturated carbocycles. The van der Waals surface area contributed by atoms with Gasteiger partial charge in [0.05, 0.1) is 5.41 Å². The Morgan fingerprint density at radius 3 is 2.45 bits per heavy atom. The lowest BCUT2D eigenvalue weighted by Gasteiger charge is -2.49. The van der Waals surface area contributed by atoms with Crippen LogP contribution in [0, 0.1) is 11.3 Å². The summed E-state index contributed by atoms with van der Waals surface area (Å²) in [6.07, 6.45) is 5.82. The van der Waals surface area contributed by atoms with Crippen LogP contribution in [0.4, 0.5) is 0 Å². The zero-order chi connectivity index (χ0) is 14.9. The van der Waals surface area contributed by atoms with E-state index in [1.807, 2.05) is 0 Å². The minimum Gasteiger partial charge on any atom is -0.480 e. The molecule has 114 valence electrons. The molecule has 2 aliphatic rings. The predicted molar refractivity (Wildman–Crippen MR) is 76.1 cm³/mol. The average Bonchev–Trinajstić information content (AvgIpc) is 2.45. The lowest BCUT2D eigenvalue weighted by Crippen LogP contribution is -2.61. The van der Waals surface area contributed by atoms with Gasteiger partial charge in [-0.3, -0.25) is 4.79 Å². The van der Waals surface area contributed by atoms with Gasteiger partial charge in [-0.05, 0) is 45.4 Å². The van der Waals surface area contributed by atoms with Crippen LogP contribution in [0.1, 0.15) is 52.4 Å². The standard InChI is InChI=1S/C15H26N2O3/c1-15(2,9-16)14(20)17-11-6-4-3-5-10(11)7-8-12(17)13(18)19/h10-12H,3-9,16H2,1-2H3,(H,18,19). The second kappa shape index (κ2) is 5.72. The maximum Gasteiger partial charge on any atom is 0.326 e. The Hall–Kier alpha value is -1.10. The topological polar surface area (TPSA) is 83.6 Å². The first-order valence-corrected chi connectivity index (χ1v) is 7.64. The minimum atomic E-state index is -0.879. The van der Waals surface area contributed by atoms with Crippen LogP contribution < -0.4 is 5.73 Å². The molecule has 1 saturated heterocycles. The molecule has 3 N–H and O–H groups in total. The van der Waals surface area contributed by atoms with E-state index in [2.05, 4.69) is 0 Å². The summed E-state index contributed by atoms with van der Waals surface area (Å²) in [5.41, 5.74) is 5.02. The van der Waals surface area contributed by atoms with Gasteiger partial charge in [-0.15, -0.1) is 0 Å². The average molecular weight is 282 g/mol. The van der Waals surface area contributed by atoms with Crippen LogP contribution in [-0.2, 0) is 9.59 Å². The lowest BCUT2D eigenvalue weighted by molar-refractivity contribution is -0.163. The van der Waals surface area contributed by atoms with Crippen molar-refractivity contribution >= 4 is 11.9 Å². The zero-order valence-electron chi connectivity index (χ0n) is 12.5. The van der Waals surface area contributed by atoms with E-state index in [1.54, 1.807) is 18.7 Å². The maximum absolute atomic E-state index is 12.8. The van der Waals surface area contributed by atoms with E-state index in [0.717, 1.165) is 25.7 Å². The first-order chi connectivity index (χ1) is 9.38. The van der Waals surface area contributed by atoms with Crippen LogP contribution in [0.5, 0.6) is 0 Å². The van der Waals surface area contributed by atoms with Crippen molar-refractivity contribution in [3.05, 3.63) is 0 Å². The molecule has 1 aliphatic heterocycles. The number of carbonyl (C=O) groups is 2. The number of nitrogens with two attached hydrogens (primary N) is 1. The van der Waals surface area contributed by atoms with Gasteiger partial charge in [0.25, 0.3) is 0 Å². The Morgan fingerprint density at radius 1 is 1.20 bits per heavy atom. The maximum atomic E-state index is 12.8. The molecule has 0 aromatic rings. The molecule has 2 fully saturated rings. The number of carboxylic acids is 1. The summed E-state index contributed by atoms with van der Waals surface area (Å²) in [5, 5.41) is 9.46. The molecule has 1 amide bonds. The molecule has 0 bridgehead atoms. The normalized spacial score (nSPS) is 30.8. The van der Waals surface area contributed by atoms with Crippen molar-refractivity contribution in [2.45, 2.75) is 64.5 Å². The highest BCUT2D eigenvalue weighted by molar-refractivity contribution is 5.87. The Bertz CT molecular complexity index is 395. The summed E-state index contributed by atoms with van der Waals surface area (Å²) in [5.74, 6) is -0.504. The number of carboxylic acid groups (broad SMARTS) is 1. The number of fused-ring (bicyclic) bond motifs is 1. The summed E-state index contributed by atoms with van der Waals surface area (Å²) < 4.78 is 0. The third-order valence-electron chi connectivity index (χ3n) is 4.98. The van der Waals surface area contributed by atoms with E-state index in [0.29, 0.717) is 12.3 Å². The van der Waals surface area contributed by atoms with Crippen molar-refractivity contribution in [1.82, 2.24) is 4.90 Å². The molecule has 5 heteroatoms. The molecule has 0 spiro atoms. The van der Waals surface area contributed by atoms with Gasteiger partial charge < -0.3 is 15.7 Å². The minimum absolute atomic E-state index is 0.0935. The van der Waals surface area contributed by atoms with Gasteiger partial charge in [0.1, 0.15) is 6.04 Å². The number of hydrogen-bond donors (Lipinski definition) is 2. The number of hydrogen-bond acceptors (Lipinski definition) is 3. The summed E-state index contributed by atoms with van der Waals surface area (Å²) in [6.45, 7) is 3.85. The largest absolute Gasteiger partial charge is 0.480 e. The van der Waals surface area contributed by atoms with Crippen LogP contribution >= 0.6 is 0 Å². The van der Waals surface area contributed by atoms with Crippen molar-refractivity contribution in [3.63, 3.8) is 0 Å². The first kappa shape index (κ1) is 15.3. The number of rotatable bonds is 3. The van der Waals surface area contributed by atoms with Crippen molar-refractivity contribution in [1.29, 1.82) is 0 Å². The second-order valence-electron chi connectivity index (χ2n) is 6.84. The van der Waals surface area contributed by atoms with Gasteiger partial charge in [-0.2, -0.15) is 0 Å². The van der Waals surface area contributed by atoms with Gasteiger partial charge in [-0.25, -0.2) is 4.79 Å². The van der Waals surface area contributed by atoms with E-state index in [9.17, 15) is 14.7 Å². The molecule has 1 heterocycles. The SMILES string of the molecule is CC(C)(CN)C(=O)N1C(C(=O)O)CCC2CCCCC21. The van der Waals surface area contributed by atoms with Crippen LogP contribution in [0.15, 0.2) is 0 Å². The Balaban J connectivity index is 2.30. The fraction of sp³-hybridized carbons (Fsp3) is 0.867. The third kappa shape index (κ3) is 2.68. The number of piperidine rings is 1. The van der Waals surface area contributed by atoms with Crippen LogP contribution in [0.2, 0.25) is 0 Å². The number of amides is 1. The highest BCUT2D eigenvalue weighted by atomic mass is 16.4. The van der Waals surface area contributed by atoms with Crippen LogP contribution in [-0.4, -0.2) is 40.5 Å². The second-order valence-corrected chi connectivity index (χ2v) is 6.84. The van der Waals surface area contributed by atoms with Crippen molar-refractivity contribution in [2.24, 2.45) is 17.1 Å². The Morgan fingerprint density at radius 2 is 1.85 bits per heavy atom. The predicted octanol–water partition coefficient (Wildman–Crippen LogP) is 1.61. The fourth-order valence-corrected chi connectivity index (χ4v) is 3.60. The molecule has 5 nitrogen and oxygen atoms in total. The van der Waals surface area contributed by atoms with Gasteiger partial charge in [0.15, 0.2) is 0 Å². The van der Waals surface area contributed by atoms with E-state index < -0.39 is 17.4 Å². The molecule has 0 aromatic carbocycles. The molecule has 3 atom stereocenters. The molecule has 1 aliphatic carbocycles.